The maximum Gasteiger partial charge on any atom is 0.338 e. The van der Waals surface area contributed by atoms with Gasteiger partial charge in [0.25, 0.3) is 0 Å². The molecule has 2 saturated heterocycles. The van der Waals surface area contributed by atoms with E-state index in [9.17, 15) is 9.90 Å². The zero-order valence-corrected chi connectivity index (χ0v) is 17.1. The molecule has 3 atom stereocenters. The van der Waals surface area contributed by atoms with Crippen molar-refractivity contribution in [2.75, 3.05) is 31.7 Å². The lowest BCUT2D eigenvalue weighted by atomic mass is 10.0. The molecule has 0 saturated carbocycles. The summed E-state index contributed by atoms with van der Waals surface area (Å²) in [7, 11) is 1.58. The lowest BCUT2D eigenvalue weighted by molar-refractivity contribution is -0.945. The fraction of sp³-hybridized carbons (Fsp3) is 0.435. The topological polar surface area (TPSA) is 63.4 Å². The van der Waals surface area contributed by atoms with Crippen molar-refractivity contribution in [2.24, 2.45) is 0 Å². The van der Waals surface area contributed by atoms with Crippen LogP contribution in [0.5, 0.6) is 11.5 Å². The van der Waals surface area contributed by atoms with Gasteiger partial charge in [-0.2, -0.15) is 0 Å². The number of methoxy groups -OCH3 is 1. The molecule has 0 aromatic heterocycles. The van der Waals surface area contributed by atoms with Crippen molar-refractivity contribution in [3.8, 4) is 11.5 Å². The number of hydrogen-bond acceptors (Lipinski definition) is 5. The Hall–Kier alpha value is -2.73. The van der Waals surface area contributed by atoms with Crippen LogP contribution in [-0.4, -0.2) is 43.9 Å². The molecular formula is C23H29N2O4+. The molecule has 2 aromatic carbocycles. The molecular weight excluding hydrogens is 368 g/mol. The first-order valence-electron chi connectivity index (χ1n) is 10.4. The molecule has 29 heavy (non-hydrogen) atoms. The van der Waals surface area contributed by atoms with E-state index in [1.54, 1.807) is 20.1 Å². The Labute approximate surface area is 171 Å². The molecule has 2 N–H and O–H groups in total. The standard InChI is InChI=1S/C23H28N2O4/c1-3-29-23(27)16-10-12-17(13-11-16)25-15-18-7-4-5-14-24(18)22(25)19-8-6-9-20(28-2)21(19)26/h6,8-13,18,22,26H,3-5,7,14-15H2,1-2H3/p+1/t18-,22-/m0/s1. The van der Waals surface area contributed by atoms with Gasteiger partial charge >= 0.3 is 5.97 Å². The van der Waals surface area contributed by atoms with Crippen LogP contribution in [0.4, 0.5) is 5.69 Å². The van der Waals surface area contributed by atoms with Crippen molar-refractivity contribution >= 4 is 11.7 Å². The minimum absolute atomic E-state index is 0.0174. The highest BCUT2D eigenvalue weighted by Gasteiger charge is 2.46. The maximum absolute atomic E-state index is 12.0. The number of carbonyl (C=O) groups is 1. The number of nitrogens with zero attached hydrogens (tertiary/aromatic N) is 1. The fourth-order valence-corrected chi connectivity index (χ4v) is 4.77. The van der Waals surface area contributed by atoms with Crippen molar-refractivity contribution in [1.29, 1.82) is 0 Å². The Morgan fingerprint density at radius 2 is 2.00 bits per heavy atom. The molecule has 2 fully saturated rings. The molecule has 0 radical (unpaired) electrons. The SMILES string of the molecule is CCOC(=O)c1ccc(N2C[C@@H]3CCCC[NH+]3[C@@H]2c2cccc(OC)c2O)cc1. The normalized spacial score (nSPS) is 23.5. The largest absolute Gasteiger partial charge is 0.504 e. The van der Waals surface area contributed by atoms with Crippen LogP contribution < -0.4 is 14.5 Å². The highest BCUT2D eigenvalue weighted by atomic mass is 16.5. The summed E-state index contributed by atoms with van der Waals surface area (Å²) in [5.41, 5.74) is 2.49. The van der Waals surface area contributed by atoms with Gasteiger partial charge in [-0.05, 0) is 56.2 Å². The van der Waals surface area contributed by atoms with Crippen LogP contribution in [-0.2, 0) is 4.74 Å². The van der Waals surface area contributed by atoms with Crippen molar-refractivity contribution in [3.05, 3.63) is 53.6 Å². The molecule has 2 aliphatic rings. The average Bonchev–Trinajstić information content (AvgIpc) is 3.13. The van der Waals surface area contributed by atoms with Crippen LogP contribution >= 0.6 is 0 Å². The summed E-state index contributed by atoms with van der Waals surface area (Å²) in [6.45, 7) is 4.18. The van der Waals surface area contributed by atoms with Crippen molar-refractivity contribution in [1.82, 2.24) is 0 Å². The monoisotopic (exact) mass is 397 g/mol. The molecule has 6 nitrogen and oxygen atoms in total. The Morgan fingerprint density at radius 1 is 1.21 bits per heavy atom. The third-order valence-corrected chi connectivity index (χ3v) is 6.13. The molecule has 2 aromatic rings. The second-order valence-corrected chi connectivity index (χ2v) is 7.74. The third-order valence-electron chi connectivity index (χ3n) is 6.13. The molecule has 0 spiro atoms. The number of para-hydroxylation sites is 1. The van der Waals surface area contributed by atoms with Gasteiger partial charge in [0.05, 0.1) is 37.9 Å². The van der Waals surface area contributed by atoms with E-state index < -0.39 is 0 Å². The number of nitrogens with one attached hydrogen (secondary N) is 1. The van der Waals surface area contributed by atoms with Gasteiger partial charge in [0.2, 0.25) is 0 Å². The first kappa shape index (κ1) is 19.6. The molecule has 1 unspecified atom stereocenters. The number of ether oxygens (including phenoxy) is 2. The van der Waals surface area contributed by atoms with Gasteiger partial charge in [-0.15, -0.1) is 0 Å². The average molecular weight is 397 g/mol. The van der Waals surface area contributed by atoms with Gasteiger partial charge in [0.1, 0.15) is 6.04 Å². The van der Waals surface area contributed by atoms with Crippen molar-refractivity contribution < 1.29 is 24.3 Å². The molecule has 154 valence electrons. The van der Waals surface area contributed by atoms with E-state index in [0.717, 1.165) is 24.3 Å². The number of piperidine rings is 1. The number of rotatable bonds is 5. The summed E-state index contributed by atoms with van der Waals surface area (Å²) < 4.78 is 10.5. The number of esters is 1. The molecule has 0 bridgehead atoms. The summed E-state index contributed by atoms with van der Waals surface area (Å²) in [5, 5.41) is 10.9. The van der Waals surface area contributed by atoms with Gasteiger partial charge in [-0.3, -0.25) is 0 Å². The van der Waals surface area contributed by atoms with Crippen molar-refractivity contribution in [3.63, 3.8) is 0 Å². The zero-order valence-electron chi connectivity index (χ0n) is 17.1. The summed E-state index contributed by atoms with van der Waals surface area (Å²) >= 11 is 0. The number of fused-ring (bicyclic) bond motifs is 1. The molecule has 4 rings (SSSR count). The summed E-state index contributed by atoms with van der Waals surface area (Å²) in [6, 6.07) is 13.9. The lowest BCUT2D eigenvalue weighted by Crippen LogP contribution is -3.15. The molecule has 0 amide bonds. The Balaban J connectivity index is 1.70. The number of carbonyl (C=O) groups excluding carboxylic acids is 1. The minimum atomic E-state index is -0.300. The Kier molecular flexibility index (Phi) is 5.62. The van der Waals surface area contributed by atoms with Crippen LogP contribution in [0.2, 0.25) is 0 Å². The van der Waals surface area contributed by atoms with Crippen LogP contribution in [0.15, 0.2) is 42.5 Å². The predicted octanol–water partition coefficient (Wildman–Crippen LogP) is 2.53. The van der Waals surface area contributed by atoms with E-state index in [1.165, 1.54) is 24.2 Å². The number of hydrogen-bond donors (Lipinski definition) is 2. The fourth-order valence-electron chi connectivity index (χ4n) is 4.77. The van der Waals surface area contributed by atoms with E-state index in [4.69, 9.17) is 9.47 Å². The number of benzene rings is 2. The van der Waals surface area contributed by atoms with E-state index in [-0.39, 0.29) is 17.9 Å². The quantitative estimate of drug-likeness (QED) is 0.760. The summed E-state index contributed by atoms with van der Waals surface area (Å²) in [5.74, 6) is 0.414. The minimum Gasteiger partial charge on any atom is -0.504 e. The molecule has 0 aliphatic carbocycles. The number of phenolic OH excluding ortho intramolecular Hbond substituents is 1. The number of aromatic hydroxyl groups is 1. The molecule has 6 heteroatoms. The van der Waals surface area contributed by atoms with E-state index in [0.29, 0.717) is 24.0 Å². The number of quaternary nitrogens is 1. The van der Waals surface area contributed by atoms with Gasteiger partial charge in [-0.1, -0.05) is 6.07 Å². The van der Waals surface area contributed by atoms with Crippen LogP contribution in [0.1, 0.15) is 48.3 Å². The Morgan fingerprint density at radius 3 is 2.72 bits per heavy atom. The van der Waals surface area contributed by atoms with Crippen LogP contribution in [0, 0.1) is 0 Å². The second kappa shape index (κ2) is 8.33. The maximum atomic E-state index is 12.0. The van der Waals surface area contributed by atoms with Crippen LogP contribution in [0.25, 0.3) is 0 Å². The van der Waals surface area contributed by atoms with Crippen molar-refractivity contribution in [2.45, 2.75) is 38.4 Å². The molecule has 2 heterocycles. The number of anilines is 1. The van der Waals surface area contributed by atoms with Gasteiger partial charge < -0.3 is 24.4 Å². The van der Waals surface area contributed by atoms with Gasteiger partial charge in [0.15, 0.2) is 17.7 Å². The highest BCUT2D eigenvalue weighted by molar-refractivity contribution is 5.89. The number of phenols is 1. The molecule has 2 aliphatic heterocycles. The second-order valence-electron chi connectivity index (χ2n) is 7.74. The Bertz CT molecular complexity index is 868. The first-order chi connectivity index (χ1) is 14.1. The van der Waals surface area contributed by atoms with Gasteiger partial charge in [-0.25, -0.2) is 4.79 Å². The summed E-state index contributed by atoms with van der Waals surface area (Å²) in [6.07, 6.45) is 3.65. The third kappa shape index (κ3) is 3.65. The lowest BCUT2D eigenvalue weighted by Gasteiger charge is -2.32. The smallest absolute Gasteiger partial charge is 0.338 e. The van der Waals surface area contributed by atoms with E-state index >= 15 is 0 Å². The summed E-state index contributed by atoms with van der Waals surface area (Å²) in [4.78, 5) is 15.8. The van der Waals surface area contributed by atoms with Gasteiger partial charge in [0, 0.05) is 12.1 Å². The predicted molar refractivity (Wildman–Crippen MR) is 111 cm³/mol. The van der Waals surface area contributed by atoms with Crippen LogP contribution in [0.3, 0.4) is 0 Å². The highest BCUT2D eigenvalue weighted by Crippen LogP contribution is 2.38. The first-order valence-corrected chi connectivity index (χ1v) is 10.4. The zero-order chi connectivity index (χ0) is 20.4. The van der Waals surface area contributed by atoms with E-state index in [1.807, 2.05) is 36.4 Å². The van der Waals surface area contributed by atoms with E-state index in [2.05, 4.69) is 4.90 Å².